The number of rotatable bonds is 9. The van der Waals surface area contributed by atoms with Gasteiger partial charge in [-0.2, -0.15) is 4.98 Å². The second-order valence-corrected chi connectivity index (χ2v) is 8.94. The van der Waals surface area contributed by atoms with Gasteiger partial charge >= 0.3 is 0 Å². The average molecular weight is 548 g/mol. The van der Waals surface area contributed by atoms with Gasteiger partial charge in [0.15, 0.2) is 5.82 Å². The lowest BCUT2D eigenvalue weighted by Gasteiger charge is -2.14. The van der Waals surface area contributed by atoms with E-state index in [-0.39, 0.29) is 34.3 Å². The summed E-state index contributed by atoms with van der Waals surface area (Å²) >= 11 is 6.32. The fraction of sp³-hybridized carbons (Fsp3) is 0.143. The number of halogens is 2. The molecule has 0 aliphatic carbocycles. The maximum absolute atomic E-state index is 15.2. The number of aryl methyl sites for hydroxylation is 1. The van der Waals surface area contributed by atoms with E-state index >= 15 is 4.39 Å². The summed E-state index contributed by atoms with van der Waals surface area (Å²) in [5.74, 6) is -0.667. The minimum Gasteiger partial charge on any atom is -0.355 e. The predicted octanol–water partition coefficient (Wildman–Crippen LogP) is 4.78. The van der Waals surface area contributed by atoms with Crippen molar-refractivity contribution < 1.29 is 14.0 Å². The molecule has 39 heavy (non-hydrogen) atoms. The first-order valence-electron chi connectivity index (χ1n) is 12.1. The van der Waals surface area contributed by atoms with E-state index in [2.05, 4.69) is 31.2 Å². The Morgan fingerprint density at radius 2 is 1.74 bits per heavy atom. The summed E-state index contributed by atoms with van der Waals surface area (Å²) in [6.45, 7) is 2.50. The van der Waals surface area contributed by atoms with Crippen LogP contribution >= 0.6 is 11.6 Å². The van der Waals surface area contributed by atoms with Crippen molar-refractivity contribution in [1.82, 2.24) is 20.6 Å². The van der Waals surface area contributed by atoms with Gasteiger partial charge in [0.1, 0.15) is 10.8 Å². The first-order chi connectivity index (χ1) is 18.8. The molecule has 0 aliphatic heterocycles. The Hall–Kier alpha value is -4.54. The van der Waals surface area contributed by atoms with E-state index in [1.165, 1.54) is 12.3 Å². The van der Waals surface area contributed by atoms with E-state index in [0.29, 0.717) is 35.5 Å². The van der Waals surface area contributed by atoms with Gasteiger partial charge in [-0.1, -0.05) is 35.9 Å². The number of carbonyl (C=O) groups is 2. The SMILES string of the molecule is CNC(=O)c1ccc(-c2cc(F)c(Nc3ncc(Cl)c(Nc4ccccc4C(=O)NCCN)n3)cc2C)cc1. The summed E-state index contributed by atoms with van der Waals surface area (Å²) in [6, 6.07) is 16.9. The number of nitrogens with two attached hydrogens (primary N) is 1. The van der Waals surface area contributed by atoms with Gasteiger partial charge in [0, 0.05) is 25.7 Å². The highest BCUT2D eigenvalue weighted by molar-refractivity contribution is 6.33. The number of para-hydroxylation sites is 1. The molecule has 4 rings (SSSR count). The van der Waals surface area contributed by atoms with E-state index in [4.69, 9.17) is 17.3 Å². The van der Waals surface area contributed by atoms with Gasteiger partial charge in [-0.25, -0.2) is 9.37 Å². The number of nitrogens with zero attached hydrogens (tertiary/aromatic N) is 2. The van der Waals surface area contributed by atoms with Crippen LogP contribution in [0, 0.1) is 12.7 Å². The van der Waals surface area contributed by atoms with Crippen LogP contribution in [0.4, 0.5) is 27.5 Å². The molecule has 0 fully saturated rings. The molecule has 200 valence electrons. The third kappa shape index (κ3) is 6.49. The zero-order valence-electron chi connectivity index (χ0n) is 21.3. The average Bonchev–Trinajstić information content (AvgIpc) is 2.95. The van der Waals surface area contributed by atoms with E-state index in [0.717, 1.165) is 11.1 Å². The maximum atomic E-state index is 15.2. The van der Waals surface area contributed by atoms with Crippen LogP contribution in [0.15, 0.2) is 66.9 Å². The van der Waals surface area contributed by atoms with Gasteiger partial charge in [0.05, 0.1) is 23.1 Å². The summed E-state index contributed by atoms with van der Waals surface area (Å²) in [6.07, 6.45) is 1.38. The number of carbonyl (C=O) groups excluding carboxylic acids is 2. The molecule has 9 nitrogen and oxygen atoms in total. The van der Waals surface area contributed by atoms with Crippen LogP contribution < -0.4 is 27.0 Å². The first kappa shape index (κ1) is 27.5. The third-order valence-electron chi connectivity index (χ3n) is 5.84. The first-order valence-corrected chi connectivity index (χ1v) is 12.4. The van der Waals surface area contributed by atoms with Crippen molar-refractivity contribution in [3.63, 3.8) is 0 Å². The van der Waals surface area contributed by atoms with Gasteiger partial charge in [0.2, 0.25) is 5.95 Å². The second kappa shape index (κ2) is 12.3. The van der Waals surface area contributed by atoms with E-state index in [1.54, 1.807) is 61.6 Å². The normalized spacial score (nSPS) is 10.6. The highest BCUT2D eigenvalue weighted by Gasteiger charge is 2.15. The molecule has 4 aromatic rings. The van der Waals surface area contributed by atoms with Crippen LogP contribution in [0.2, 0.25) is 5.02 Å². The standard InChI is InChI=1S/C28H27ClFN7O2/c1-16-13-24(22(30)14-20(16)17-7-9-18(10-8-17)26(38)32-2)36-28-34-15-21(29)25(37-28)35-23-6-4-3-5-19(23)27(39)33-12-11-31/h3-10,13-15H,11-12,31H2,1-2H3,(H,32,38)(H,33,39)(H2,34,35,36,37). The maximum Gasteiger partial charge on any atom is 0.253 e. The Morgan fingerprint density at radius 3 is 2.46 bits per heavy atom. The topological polar surface area (TPSA) is 134 Å². The van der Waals surface area contributed by atoms with E-state index in [1.807, 2.05) is 6.92 Å². The number of benzene rings is 3. The molecule has 1 heterocycles. The molecular formula is C28H27ClFN7O2. The molecule has 6 N–H and O–H groups in total. The monoisotopic (exact) mass is 547 g/mol. The Morgan fingerprint density at radius 1 is 1.00 bits per heavy atom. The van der Waals surface area contributed by atoms with Crippen LogP contribution in [-0.2, 0) is 0 Å². The zero-order chi connectivity index (χ0) is 27.9. The van der Waals surface area contributed by atoms with Crippen molar-refractivity contribution in [2.75, 3.05) is 30.8 Å². The summed E-state index contributed by atoms with van der Waals surface area (Å²) in [7, 11) is 1.56. The second-order valence-electron chi connectivity index (χ2n) is 8.53. The molecule has 11 heteroatoms. The van der Waals surface area contributed by atoms with Crippen molar-refractivity contribution in [2.45, 2.75) is 6.92 Å². The molecular weight excluding hydrogens is 521 g/mol. The quantitative estimate of drug-likeness (QED) is 0.203. The summed E-state index contributed by atoms with van der Waals surface area (Å²) in [4.78, 5) is 32.9. The molecule has 0 radical (unpaired) electrons. The number of anilines is 4. The van der Waals surface area contributed by atoms with Crippen molar-refractivity contribution >= 4 is 46.6 Å². The third-order valence-corrected chi connectivity index (χ3v) is 6.12. The molecule has 3 aromatic carbocycles. The number of aromatic nitrogens is 2. The van der Waals surface area contributed by atoms with Crippen LogP contribution in [0.1, 0.15) is 26.3 Å². The zero-order valence-corrected chi connectivity index (χ0v) is 22.1. The van der Waals surface area contributed by atoms with E-state index < -0.39 is 5.82 Å². The number of hydrogen-bond donors (Lipinski definition) is 5. The lowest BCUT2D eigenvalue weighted by Crippen LogP contribution is -2.29. The highest BCUT2D eigenvalue weighted by Crippen LogP contribution is 2.31. The lowest BCUT2D eigenvalue weighted by atomic mass is 9.98. The van der Waals surface area contributed by atoms with Gasteiger partial charge in [-0.3, -0.25) is 9.59 Å². The smallest absolute Gasteiger partial charge is 0.253 e. The summed E-state index contributed by atoms with van der Waals surface area (Å²) in [5, 5.41) is 11.5. The fourth-order valence-corrected chi connectivity index (χ4v) is 4.01. The Labute approximate surface area is 230 Å². The van der Waals surface area contributed by atoms with Crippen molar-refractivity contribution in [3.05, 3.63) is 94.4 Å². The van der Waals surface area contributed by atoms with Crippen molar-refractivity contribution in [3.8, 4) is 11.1 Å². The minimum atomic E-state index is -0.513. The Balaban J connectivity index is 1.57. The number of hydrogen-bond acceptors (Lipinski definition) is 7. The van der Waals surface area contributed by atoms with Gasteiger partial charge in [0.25, 0.3) is 11.8 Å². The Kier molecular flexibility index (Phi) is 8.70. The Bertz CT molecular complexity index is 1510. The van der Waals surface area contributed by atoms with Crippen LogP contribution in [0.3, 0.4) is 0 Å². The van der Waals surface area contributed by atoms with Crippen LogP contribution in [-0.4, -0.2) is 41.9 Å². The molecule has 0 atom stereocenters. The van der Waals surface area contributed by atoms with Gasteiger partial charge < -0.3 is 27.0 Å². The molecule has 0 unspecified atom stereocenters. The number of nitrogens with one attached hydrogen (secondary N) is 4. The minimum absolute atomic E-state index is 0.105. The summed E-state index contributed by atoms with van der Waals surface area (Å²) < 4.78 is 15.2. The van der Waals surface area contributed by atoms with Gasteiger partial charge in [-0.05, 0) is 60.0 Å². The predicted molar refractivity (Wildman–Crippen MR) is 151 cm³/mol. The van der Waals surface area contributed by atoms with Crippen LogP contribution in [0.5, 0.6) is 0 Å². The molecule has 0 saturated heterocycles. The van der Waals surface area contributed by atoms with Crippen molar-refractivity contribution in [1.29, 1.82) is 0 Å². The fourth-order valence-electron chi connectivity index (χ4n) is 3.87. The molecule has 1 aromatic heterocycles. The van der Waals surface area contributed by atoms with Crippen molar-refractivity contribution in [2.24, 2.45) is 5.73 Å². The molecule has 0 saturated carbocycles. The largest absolute Gasteiger partial charge is 0.355 e. The number of amides is 2. The molecule has 0 aliphatic rings. The van der Waals surface area contributed by atoms with Crippen LogP contribution in [0.25, 0.3) is 11.1 Å². The molecule has 2 amide bonds. The van der Waals surface area contributed by atoms with Gasteiger partial charge in [-0.15, -0.1) is 0 Å². The highest BCUT2D eigenvalue weighted by atomic mass is 35.5. The van der Waals surface area contributed by atoms with E-state index in [9.17, 15) is 9.59 Å². The lowest BCUT2D eigenvalue weighted by molar-refractivity contribution is 0.0950. The molecule has 0 spiro atoms. The molecule has 0 bridgehead atoms. The summed E-state index contributed by atoms with van der Waals surface area (Å²) in [5.41, 5.74) is 9.30.